The number of carbonyl (C=O) groups is 1. The standard InChI is InChI=1S/C23H31N3OS/c1-16(2)19-10-6-7-11-20(19)22-24-17(3)21(28-22)23(27)26-14-12-25(13-15-26)18-8-4-5-9-18/h6-7,10-11,16,18H,4-5,8-9,12-15H2,1-3H3. The van der Waals surface area contributed by atoms with Gasteiger partial charge in [-0.25, -0.2) is 4.98 Å². The molecule has 2 heterocycles. The van der Waals surface area contributed by atoms with Gasteiger partial charge in [0.2, 0.25) is 0 Å². The first-order chi connectivity index (χ1) is 13.5. The summed E-state index contributed by atoms with van der Waals surface area (Å²) in [6, 6.07) is 9.18. The van der Waals surface area contributed by atoms with E-state index in [1.807, 2.05) is 11.8 Å². The summed E-state index contributed by atoms with van der Waals surface area (Å²) < 4.78 is 0. The van der Waals surface area contributed by atoms with Crippen LogP contribution in [-0.4, -0.2) is 52.9 Å². The van der Waals surface area contributed by atoms with E-state index >= 15 is 0 Å². The highest BCUT2D eigenvalue weighted by Crippen LogP contribution is 2.34. The Hall–Kier alpha value is -1.72. The molecule has 0 spiro atoms. The second-order valence-corrected chi connectivity index (χ2v) is 9.44. The fourth-order valence-electron chi connectivity index (χ4n) is 4.61. The topological polar surface area (TPSA) is 36.4 Å². The van der Waals surface area contributed by atoms with Gasteiger partial charge < -0.3 is 4.90 Å². The van der Waals surface area contributed by atoms with Gasteiger partial charge in [-0.2, -0.15) is 0 Å². The highest BCUT2D eigenvalue weighted by atomic mass is 32.1. The third-order valence-corrected chi connectivity index (χ3v) is 7.43. The number of nitrogens with zero attached hydrogens (tertiary/aromatic N) is 3. The number of carbonyl (C=O) groups excluding carboxylic acids is 1. The predicted octanol–water partition coefficient (Wildman–Crippen LogP) is 4.94. The van der Waals surface area contributed by atoms with Gasteiger partial charge in [-0.05, 0) is 31.2 Å². The Morgan fingerprint density at radius 3 is 2.46 bits per heavy atom. The first-order valence-electron chi connectivity index (χ1n) is 10.6. The molecule has 1 aromatic heterocycles. The van der Waals surface area contributed by atoms with Crippen molar-refractivity contribution in [1.29, 1.82) is 0 Å². The maximum absolute atomic E-state index is 13.2. The summed E-state index contributed by atoms with van der Waals surface area (Å²) in [5, 5.41) is 0.967. The zero-order valence-corrected chi connectivity index (χ0v) is 18.1. The van der Waals surface area contributed by atoms with E-state index < -0.39 is 0 Å². The molecule has 0 unspecified atom stereocenters. The number of thiazole rings is 1. The summed E-state index contributed by atoms with van der Waals surface area (Å²) in [6.07, 6.45) is 5.40. The van der Waals surface area contributed by atoms with Crippen LogP contribution in [0.15, 0.2) is 24.3 Å². The number of hydrogen-bond acceptors (Lipinski definition) is 4. The van der Waals surface area contributed by atoms with E-state index in [9.17, 15) is 4.79 Å². The quantitative estimate of drug-likeness (QED) is 0.733. The molecule has 2 aromatic rings. The fourth-order valence-corrected chi connectivity index (χ4v) is 5.69. The number of aromatic nitrogens is 1. The van der Waals surface area contributed by atoms with Gasteiger partial charge in [0, 0.05) is 37.8 Å². The summed E-state index contributed by atoms with van der Waals surface area (Å²) >= 11 is 1.56. The molecule has 1 aliphatic heterocycles. The van der Waals surface area contributed by atoms with Crippen molar-refractivity contribution in [2.75, 3.05) is 26.2 Å². The number of hydrogen-bond donors (Lipinski definition) is 0. The normalized spacial score (nSPS) is 18.9. The lowest BCUT2D eigenvalue weighted by Crippen LogP contribution is -2.51. The van der Waals surface area contributed by atoms with Crippen molar-refractivity contribution >= 4 is 17.2 Å². The molecule has 2 aliphatic rings. The van der Waals surface area contributed by atoms with Crippen LogP contribution in [-0.2, 0) is 0 Å². The molecule has 1 saturated heterocycles. The van der Waals surface area contributed by atoms with Crippen LogP contribution in [0, 0.1) is 6.92 Å². The van der Waals surface area contributed by atoms with Crippen LogP contribution in [0.1, 0.15) is 66.4 Å². The Labute approximate surface area is 172 Å². The molecule has 0 bridgehead atoms. The van der Waals surface area contributed by atoms with Crippen LogP contribution in [0.25, 0.3) is 10.6 Å². The molecule has 28 heavy (non-hydrogen) atoms. The summed E-state index contributed by atoms with van der Waals surface area (Å²) in [4.78, 5) is 23.4. The van der Waals surface area contributed by atoms with Crippen molar-refractivity contribution in [3.8, 4) is 10.6 Å². The fraction of sp³-hybridized carbons (Fsp3) is 0.565. The summed E-state index contributed by atoms with van der Waals surface area (Å²) in [7, 11) is 0. The Balaban J connectivity index is 1.49. The van der Waals surface area contributed by atoms with Crippen LogP contribution in [0.4, 0.5) is 0 Å². The second kappa shape index (κ2) is 8.34. The molecule has 1 saturated carbocycles. The lowest BCUT2D eigenvalue weighted by Gasteiger charge is -2.37. The first kappa shape index (κ1) is 19.6. The molecule has 0 radical (unpaired) electrons. The Kier molecular flexibility index (Phi) is 5.83. The Bertz CT molecular complexity index is 830. The first-order valence-corrected chi connectivity index (χ1v) is 11.5. The van der Waals surface area contributed by atoms with E-state index in [2.05, 4.69) is 43.0 Å². The predicted molar refractivity (Wildman–Crippen MR) is 116 cm³/mol. The van der Waals surface area contributed by atoms with Gasteiger partial charge >= 0.3 is 0 Å². The number of piperazine rings is 1. The minimum absolute atomic E-state index is 0.161. The van der Waals surface area contributed by atoms with Gasteiger partial charge in [-0.1, -0.05) is 51.0 Å². The van der Waals surface area contributed by atoms with Crippen LogP contribution in [0.5, 0.6) is 0 Å². The molecular formula is C23H31N3OS. The van der Waals surface area contributed by atoms with E-state index in [0.29, 0.717) is 5.92 Å². The Morgan fingerprint density at radius 2 is 1.79 bits per heavy atom. The van der Waals surface area contributed by atoms with E-state index in [-0.39, 0.29) is 5.91 Å². The third-order valence-electron chi connectivity index (χ3n) is 6.25. The number of rotatable bonds is 4. The summed E-state index contributed by atoms with van der Waals surface area (Å²) in [5.74, 6) is 0.595. The molecule has 4 nitrogen and oxygen atoms in total. The molecule has 0 N–H and O–H groups in total. The van der Waals surface area contributed by atoms with Gasteiger partial charge in [-0.3, -0.25) is 9.69 Å². The average Bonchev–Trinajstić information content (AvgIpc) is 3.37. The number of aryl methyl sites for hydroxylation is 1. The molecule has 1 aromatic carbocycles. The maximum atomic E-state index is 13.2. The van der Waals surface area contributed by atoms with Gasteiger partial charge in [0.15, 0.2) is 0 Å². The van der Waals surface area contributed by atoms with Gasteiger partial charge in [-0.15, -0.1) is 11.3 Å². The van der Waals surface area contributed by atoms with Crippen LogP contribution < -0.4 is 0 Å². The van der Waals surface area contributed by atoms with Crippen molar-refractivity contribution in [2.24, 2.45) is 0 Å². The molecule has 1 amide bonds. The molecule has 4 rings (SSSR count). The second-order valence-electron chi connectivity index (χ2n) is 8.44. The van der Waals surface area contributed by atoms with Gasteiger partial charge in [0.25, 0.3) is 5.91 Å². The van der Waals surface area contributed by atoms with Gasteiger partial charge in [0.1, 0.15) is 9.88 Å². The van der Waals surface area contributed by atoms with E-state index in [1.165, 1.54) is 31.2 Å². The van der Waals surface area contributed by atoms with Crippen molar-refractivity contribution in [2.45, 2.75) is 58.4 Å². The van der Waals surface area contributed by atoms with Crippen LogP contribution in [0.3, 0.4) is 0 Å². The maximum Gasteiger partial charge on any atom is 0.265 e. The molecule has 1 aliphatic carbocycles. The smallest absolute Gasteiger partial charge is 0.265 e. The molecule has 5 heteroatoms. The van der Waals surface area contributed by atoms with Crippen molar-refractivity contribution < 1.29 is 4.79 Å². The van der Waals surface area contributed by atoms with E-state index in [1.54, 1.807) is 11.3 Å². The summed E-state index contributed by atoms with van der Waals surface area (Å²) in [6.45, 7) is 10.1. The van der Waals surface area contributed by atoms with E-state index in [0.717, 1.165) is 53.4 Å². The van der Waals surface area contributed by atoms with Crippen molar-refractivity contribution in [3.05, 3.63) is 40.4 Å². The highest BCUT2D eigenvalue weighted by Gasteiger charge is 2.30. The number of benzene rings is 1. The van der Waals surface area contributed by atoms with Crippen LogP contribution in [0.2, 0.25) is 0 Å². The SMILES string of the molecule is Cc1nc(-c2ccccc2C(C)C)sc1C(=O)N1CCN(C2CCCC2)CC1. The number of amides is 1. The molecule has 2 fully saturated rings. The summed E-state index contributed by atoms with van der Waals surface area (Å²) in [5.41, 5.74) is 3.32. The minimum atomic E-state index is 0.161. The van der Waals surface area contributed by atoms with Crippen molar-refractivity contribution in [1.82, 2.24) is 14.8 Å². The van der Waals surface area contributed by atoms with E-state index in [4.69, 9.17) is 4.98 Å². The lowest BCUT2D eigenvalue weighted by molar-refractivity contribution is 0.0577. The zero-order valence-electron chi connectivity index (χ0n) is 17.3. The minimum Gasteiger partial charge on any atom is -0.335 e. The monoisotopic (exact) mass is 397 g/mol. The van der Waals surface area contributed by atoms with Gasteiger partial charge in [0.05, 0.1) is 5.69 Å². The third kappa shape index (κ3) is 3.87. The highest BCUT2D eigenvalue weighted by molar-refractivity contribution is 7.17. The van der Waals surface area contributed by atoms with Crippen LogP contribution >= 0.6 is 11.3 Å². The van der Waals surface area contributed by atoms with Crippen molar-refractivity contribution in [3.63, 3.8) is 0 Å². The molecular weight excluding hydrogens is 366 g/mol. The largest absolute Gasteiger partial charge is 0.335 e. The molecule has 150 valence electrons. The molecule has 0 atom stereocenters. The average molecular weight is 398 g/mol. The lowest BCUT2D eigenvalue weighted by atomic mass is 9.98. The Morgan fingerprint density at radius 1 is 1.11 bits per heavy atom. The zero-order chi connectivity index (χ0) is 19.7.